The van der Waals surface area contributed by atoms with Crippen molar-refractivity contribution < 1.29 is 14.4 Å². The zero-order chi connectivity index (χ0) is 13.0. The number of hydrogen-bond acceptors (Lipinski definition) is 6. The summed E-state index contributed by atoms with van der Waals surface area (Å²) in [5.74, 6) is 0.0502. The average molecular weight is 253 g/mol. The molecule has 1 saturated heterocycles. The van der Waals surface area contributed by atoms with Crippen molar-refractivity contribution in [2.24, 2.45) is 0 Å². The predicted molar refractivity (Wildman–Crippen MR) is 63.7 cm³/mol. The third-order valence-corrected chi connectivity index (χ3v) is 2.69. The van der Waals surface area contributed by atoms with E-state index in [0.29, 0.717) is 18.7 Å². The van der Waals surface area contributed by atoms with Gasteiger partial charge in [0.15, 0.2) is 0 Å². The first-order valence-electron chi connectivity index (χ1n) is 5.73. The Morgan fingerprint density at radius 3 is 3.22 bits per heavy atom. The Balaban J connectivity index is 2.04. The maximum absolute atomic E-state index is 10.9. The zero-order valence-corrected chi connectivity index (χ0v) is 10.1. The molecule has 0 aromatic carbocycles. The largest absolute Gasteiger partial charge is 0.470 e. The maximum Gasteiger partial charge on any atom is 0.333 e. The van der Waals surface area contributed by atoms with Crippen molar-refractivity contribution >= 4 is 5.69 Å². The van der Waals surface area contributed by atoms with Crippen LogP contribution in [-0.2, 0) is 4.74 Å². The van der Waals surface area contributed by atoms with E-state index in [1.807, 2.05) is 0 Å². The molecule has 0 bridgehead atoms. The molecule has 0 aliphatic carbocycles. The molecule has 7 heteroatoms. The van der Waals surface area contributed by atoms with E-state index < -0.39 is 4.92 Å². The number of nitrogens with zero attached hydrogens (tertiary/aromatic N) is 2. The number of rotatable bonds is 4. The molecule has 1 atom stereocenters. The molecule has 1 fully saturated rings. The van der Waals surface area contributed by atoms with Gasteiger partial charge < -0.3 is 14.8 Å². The first-order chi connectivity index (χ1) is 8.68. The number of morpholine rings is 1. The third kappa shape index (κ3) is 2.93. The normalized spacial score (nSPS) is 19.5. The van der Waals surface area contributed by atoms with Crippen molar-refractivity contribution in [3.05, 3.63) is 27.9 Å². The van der Waals surface area contributed by atoms with Gasteiger partial charge in [-0.05, 0) is 13.0 Å². The summed E-state index contributed by atoms with van der Waals surface area (Å²) in [7, 11) is 0. The molecular weight excluding hydrogens is 238 g/mol. The van der Waals surface area contributed by atoms with Gasteiger partial charge in [-0.25, -0.2) is 4.98 Å². The van der Waals surface area contributed by atoms with E-state index >= 15 is 0 Å². The number of nitrogens with one attached hydrogen (secondary N) is 1. The van der Waals surface area contributed by atoms with E-state index in [0.717, 1.165) is 6.54 Å². The molecule has 2 heterocycles. The Bertz CT molecular complexity index is 432. The zero-order valence-electron chi connectivity index (χ0n) is 10.1. The van der Waals surface area contributed by atoms with E-state index in [4.69, 9.17) is 9.47 Å². The lowest BCUT2D eigenvalue weighted by atomic mass is 10.2. The average Bonchev–Trinajstić information content (AvgIpc) is 2.37. The van der Waals surface area contributed by atoms with Crippen molar-refractivity contribution in [2.45, 2.75) is 13.0 Å². The molecule has 98 valence electrons. The van der Waals surface area contributed by atoms with E-state index in [1.54, 1.807) is 13.0 Å². The van der Waals surface area contributed by atoms with Crippen LogP contribution in [0.5, 0.6) is 5.88 Å². The van der Waals surface area contributed by atoms with Crippen LogP contribution in [0.3, 0.4) is 0 Å². The van der Waals surface area contributed by atoms with Crippen LogP contribution in [0, 0.1) is 17.0 Å². The Labute approximate surface area is 104 Å². The summed E-state index contributed by atoms with van der Waals surface area (Å²) in [6.07, 6.45) is 1.40. The first-order valence-corrected chi connectivity index (χ1v) is 5.73. The van der Waals surface area contributed by atoms with Crippen LogP contribution in [0.2, 0.25) is 0 Å². The SMILES string of the molecule is Cc1ccnc(OCC2CNCCO2)c1[N+](=O)[O-]. The lowest BCUT2D eigenvalue weighted by molar-refractivity contribution is -0.386. The first kappa shape index (κ1) is 12.7. The van der Waals surface area contributed by atoms with Gasteiger partial charge in [-0.15, -0.1) is 0 Å². The van der Waals surface area contributed by atoms with Gasteiger partial charge >= 0.3 is 5.69 Å². The Kier molecular flexibility index (Phi) is 4.06. The van der Waals surface area contributed by atoms with Crippen molar-refractivity contribution in [3.8, 4) is 5.88 Å². The number of nitro groups is 1. The minimum Gasteiger partial charge on any atom is -0.470 e. The van der Waals surface area contributed by atoms with Gasteiger partial charge in [-0.3, -0.25) is 10.1 Å². The lowest BCUT2D eigenvalue weighted by Gasteiger charge is -2.23. The topological polar surface area (TPSA) is 86.5 Å². The minimum absolute atomic E-state index is 0.0502. The minimum atomic E-state index is -0.475. The number of hydrogen-bond donors (Lipinski definition) is 1. The van der Waals surface area contributed by atoms with Crippen molar-refractivity contribution in [3.63, 3.8) is 0 Å². The van der Waals surface area contributed by atoms with Crippen molar-refractivity contribution in [1.29, 1.82) is 0 Å². The van der Waals surface area contributed by atoms with E-state index in [9.17, 15) is 10.1 Å². The molecule has 7 nitrogen and oxygen atoms in total. The predicted octanol–water partition coefficient (Wildman–Crippen LogP) is 0.665. The molecule has 1 aromatic rings. The van der Waals surface area contributed by atoms with Crippen LogP contribution in [-0.4, -0.2) is 42.3 Å². The monoisotopic (exact) mass is 253 g/mol. The molecule has 1 unspecified atom stereocenters. The van der Waals surface area contributed by atoms with Gasteiger partial charge in [-0.2, -0.15) is 0 Å². The Morgan fingerprint density at radius 1 is 1.72 bits per heavy atom. The molecule has 0 saturated carbocycles. The van der Waals surface area contributed by atoms with Crippen LogP contribution < -0.4 is 10.1 Å². The summed E-state index contributed by atoms with van der Waals surface area (Å²) in [5.41, 5.74) is 0.453. The van der Waals surface area contributed by atoms with Gasteiger partial charge in [-0.1, -0.05) is 0 Å². The summed E-state index contributed by atoms with van der Waals surface area (Å²) < 4.78 is 10.8. The van der Waals surface area contributed by atoms with Gasteiger partial charge in [0.2, 0.25) is 0 Å². The summed E-state index contributed by atoms with van der Waals surface area (Å²) in [6, 6.07) is 1.59. The molecule has 1 aromatic heterocycles. The highest BCUT2D eigenvalue weighted by Gasteiger charge is 2.22. The second-order valence-corrected chi connectivity index (χ2v) is 4.05. The fourth-order valence-electron chi connectivity index (χ4n) is 1.75. The van der Waals surface area contributed by atoms with Crippen LogP contribution >= 0.6 is 0 Å². The van der Waals surface area contributed by atoms with Gasteiger partial charge in [0.1, 0.15) is 12.7 Å². The highest BCUT2D eigenvalue weighted by Crippen LogP contribution is 2.27. The van der Waals surface area contributed by atoms with Gasteiger partial charge in [0.25, 0.3) is 5.88 Å². The third-order valence-electron chi connectivity index (χ3n) is 2.69. The van der Waals surface area contributed by atoms with E-state index in [1.165, 1.54) is 6.20 Å². The van der Waals surface area contributed by atoms with Crippen LogP contribution in [0.25, 0.3) is 0 Å². The standard InChI is InChI=1S/C11H15N3O4/c1-8-2-3-13-11(10(8)14(15)16)18-7-9-6-12-4-5-17-9/h2-3,9,12H,4-7H2,1H3. The van der Waals surface area contributed by atoms with Crippen LogP contribution in [0.4, 0.5) is 5.69 Å². The molecular formula is C11H15N3O4. The molecule has 1 aliphatic heterocycles. The van der Waals surface area contributed by atoms with Gasteiger partial charge in [0.05, 0.1) is 11.5 Å². The van der Waals surface area contributed by atoms with E-state index in [-0.39, 0.29) is 24.3 Å². The second-order valence-electron chi connectivity index (χ2n) is 4.05. The molecule has 1 N–H and O–H groups in total. The molecule has 0 spiro atoms. The maximum atomic E-state index is 10.9. The molecule has 0 amide bonds. The fourth-order valence-corrected chi connectivity index (χ4v) is 1.75. The lowest BCUT2D eigenvalue weighted by Crippen LogP contribution is -2.41. The molecule has 1 aliphatic rings. The fraction of sp³-hybridized carbons (Fsp3) is 0.545. The second kappa shape index (κ2) is 5.74. The number of aryl methyl sites for hydroxylation is 1. The Morgan fingerprint density at radius 2 is 2.56 bits per heavy atom. The van der Waals surface area contributed by atoms with Crippen LogP contribution in [0.1, 0.15) is 5.56 Å². The van der Waals surface area contributed by atoms with Crippen LogP contribution in [0.15, 0.2) is 12.3 Å². The highest BCUT2D eigenvalue weighted by molar-refractivity contribution is 5.47. The Hall–Kier alpha value is -1.73. The van der Waals surface area contributed by atoms with Crippen molar-refractivity contribution in [2.75, 3.05) is 26.3 Å². The number of ether oxygens (including phenoxy) is 2. The molecule has 2 rings (SSSR count). The van der Waals surface area contributed by atoms with Gasteiger partial charge in [0, 0.05) is 24.8 Å². The smallest absolute Gasteiger partial charge is 0.333 e. The van der Waals surface area contributed by atoms with E-state index in [2.05, 4.69) is 10.3 Å². The molecule has 0 radical (unpaired) electrons. The summed E-state index contributed by atoms with van der Waals surface area (Å²) in [6.45, 7) is 4.03. The quantitative estimate of drug-likeness (QED) is 0.626. The molecule has 18 heavy (non-hydrogen) atoms. The number of pyridine rings is 1. The number of aromatic nitrogens is 1. The highest BCUT2D eigenvalue weighted by atomic mass is 16.6. The summed E-state index contributed by atoms with van der Waals surface area (Å²) in [4.78, 5) is 14.4. The summed E-state index contributed by atoms with van der Waals surface area (Å²) in [5, 5.41) is 14.1. The van der Waals surface area contributed by atoms with Crippen molar-refractivity contribution in [1.82, 2.24) is 10.3 Å². The summed E-state index contributed by atoms with van der Waals surface area (Å²) >= 11 is 0.